The number of amides is 2. The first kappa shape index (κ1) is 28.1. The molecule has 4 rings (SSSR count). The number of hydrogen-bond acceptors (Lipinski definition) is 5. The second-order valence-electron chi connectivity index (χ2n) is 9.45. The van der Waals surface area contributed by atoms with Crippen LogP contribution in [-0.2, 0) is 14.3 Å². The van der Waals surface area contributed by atoms with E-state index in [1.807, 2.05) is 36.1 Å². The van der Waals surface area contributed by atoms with E-state index in [0.29, 0.717) is 25.2 Å². The van der Waals surface area contributed by atoms with E-state index in [2.05, 4.69) is 24.1 Å². The molecule has 1 aromatic carbocycles. The van der Waals surface area contributed by atoms with Gasteiger partial charge in [-0.25, -0.2) is 4.79 Å². The molecule has 2 aliphatic rings. The fourth-order valence-electron chi connectivity index (χ4n) is 4.57. The molecule has 0 aliphatic carbocycles. The minimum Gasteiger partial charge on any atom is -0.475 e. The molecule has 3 heterocycles. The van der Waals surface area contributed by atoms with Gasteiger partial charge < -0.3 is 20.1 Å². The number of ether oxygens (including phenoxy) is 1. The lowest BCUT2D eigenvalue weighted by atomic mass is 9.80. The molecule has 1 spiro atoms. The molecule has 3 atom stereocenters. The molecule has 2 amide bonds. The number of nitrogens with zero attached hydrogens (tertiary/aromatic N) is 2. The maximum atomic E-state index is 13.0. The molecule has 2 fully saturated rings. The van der Waals surface area contributed by atoms with Gasteiger partial charge in [-0.1, -0.05) is 13.0 Å². The maximum Gasteiger partial charge on any atom is 0.490 e. The van der Waals surface area contributed by atoms with E-state index in [9.17, 15) is 22.8 Å². The summed E-state index contributed by atoms with van der Waals surface area (Å²) in [4.78, 5) is 40.5. The van der Waals surface area contributed by atoms with Gasteiger partial charge in [-0.2, -0.15) is 13.2 Å². The third-order valence-corrected chi connectivity index (χ3v) is 6.91. The number of likely N-dealkylation sites (tertiary alicyclic amines) is 1. The molecule has 0 bridgehead atoms. The zero-order chi connectivity index (χ0) is 27.4. The average Bonchev–Trinajstić information content (AvgIpc) is 3.28. The van der Waals surface area contributed by atoms with Crippen LogP contribution < -0.4 is 5.32 Å². The molecule has 8 nitrogen and oxygen atoms in total. The van der Waals surface area contributed by atoms with Crippen molar-refractivity contribution >= 4 is 23.5 Å². The first-order chi connectivity index (χ1) is 17.3. The number of carbonyl (C=O) groups is 3. The summed E-state index contributed by atoms with van der Waals surface area (Å²) in [6.07, 6.45) is 0.0382. The van der Waals surface area contributed by atoms with E-state index in [1.54, 1.807) is 18.5 Å². The van der Waals surface area contributed by atoms with Crippen LogP contribution in [0.4, 0.5) is 18.9 Å². The predicted molar refractivity (Wildman–Crippen MR) is 129 cm³/mol. The molecule has 3 unspecified atom stereocenters. The van der Waals surface area contributed by atoms with E-state index >= 15 is 0 Å². The zero-order valence-corrected chi connectivity index (χ0v) is 20.8. The Morgan fingerprint density at radius 2 is 1.86 bits per heavy atom. The number of aromatic nitrogens is 1. The maximum absolute atomic E-state index is 13.0. The lowest BCUT2D eigenvalue weighted by molar-refractivity contribution is -0.192. The smallest absolute Gasteiger partial charge is 0.475 e. The number of carbonyl (C=O) groups excluding carboxylic acids is 2. The van der Waals surface area contributed by atoms with Crippen LogP contribution in [0, 0.1) is 19.8 Å². The van der Waals surface area contributed by atoms with Gasteiger partial charge in [0.25, 0.3) is 11.8 Å². The van der Waals surface area contributed by atoms with Gasteiger partial charge in [0.05, 0.1) is 17.5 Å². The number of carboxylic acids is 1. The highest BCUT2D eigenvalue weighted by molar-refractivity contribution is 5.95. The second kappa shape index (κ2) is 11.3. The second-order valence-corrected chi connectivity index (χ2v) is 9.45. The summed E-state index contributed by atoms with van der Waals surface area (Å²) in [7, 11) is 0. The van der Waals surface area contributed by atoms with Gasteiger partial charge in [0.2, 0.25) is 0 Å². The van der Waals surface area contributed by atoms with Crippen molar-refractivity contribution in [2.45, 2.75) is 57.9 Å². The van der Waals surface area contributed by atoms with Gasteiger partial charge in [0.1, 0.15) is 6.10 Å². The van der Waals surface area contributed by atoms with Crippen molar-refractivity contribution in [3.63, 3.8) is 0 Å². The Hall–Kier alpha value is -3.47. The Labute approximate surface area is 212 Å². The molecule has 2 aliphatic heterocycles. The number of benzene rings is 1. The van der Waals surface area contributed by atoms with Crippen molar-refractivity contribution in [3.05, 3.63) is 59.4 Å². The Morgan fingerprint density at radius 3 is 2.43 bits per heavy atom. The Balaban J connectivity index is 0.000000479. The number of piperidine rings is 1. The summed E-state index contributed by atoms with van der Waals surface area (Å²) >= 11 is 0. The number of alkyl halides is 3. The number of rotatable bonds is 3. The number of pyridine rings is 1. The highest BCUT2D eigenvalue weighted by atomic mass is 19.4. The monoisotopic (exact) mass is 521 g/mol. The first-order valence-electron chi connectivity index (χ1n) is 11.9. The van der Waals surface area contributed by atoms with Crippen LogP contribution in [0.2, 0.25) is 0 Å². The summed E-state index contributed by atoms with van der Waals surface area (Å²) in [5.74, 6) is -2.64. The van der Waals surface area contributed by atoms with Gasteiger partial charge in [0, 0.05) is 30.8 Å². The molecule has 0 radical (unpaired) electrons. The van der Waals surface area contributed by atoms with Crippen molar-refractivity contribution in [3.8, 4) is 0 Å². The van der Waals surface area contributed by atoms with Crippen molar-refractivity contribution in [2.24, 2.45) is 5.92 Å². The minimum absolute atomic E-state index is 0.0728. The summed E-state index contributed by atoms with van der Waals surface area (Å²) < 4.78 is 38.1. The standard InChI is InChI=1S/C24H29N3O3.C2HF3O2/c1-16-6-7-19(13-17(16)2)23(29)27-12-10-24(18(3)15-27)9-8-21(30-24)22(28)26-20-5-4-11-25-14-20;3-2(4,5)1(6)7/h4-7,11,13-14,18,21H,8-10,12,15H2,1-3H3,(H,26,28);(H,6,7). The molecular formula is C26H30F3N3O5. The van der Waals surface area contributed by atoms with Crippen LogP contribution in [0.1, 0.15) is 47.7 Å². The van der Waals surface area contributed by atoms with E-state index in [-0.39, 0.29) is 23.3 Å². The van der Waals surface area contributed by atoms with Crippen LogP contribution in [0.15, 0.2) is 42.7 Å². The van der Waals surface area contributed by atoms with E-state index in [4.69, 9.17) is 14.6 Å². The molecule has 11 heteroatoms. The summed E-state index contributed by atoms with van der Waals surface area (Å²) in [5.41, 5.74) is 3.39. The van der Waals surface area contributed by atoms with Gasteiger partial charge in [-0.15, -0.1) is 0 Å². The van der Waals surface area contributed by atoms with Gasteiger partial charge in [0.15, 0.2) is 0 Å². The molecule has 0 saturated carbocycles. The molecule has 1 aromatic heterocycles. The van der Waals surface area contributed by atoms with Gasteiger partial charge in [-0.3, -0.25) is 14.6 Å². The average molecular weight is 522 g/mol. The quantitative estimate of drug-likeness (QED) is 0.621. The largest absolute Gasteiger partial charge is 0.490 e. The molecule has 200 valence electrons. The Bertz CT molecular complexity index is 1140. The zero-order valence-electron chi connectivity index (χ0n) is 20.8. The lowest BCUT2D eigenvalue weighted by Crippen LogP contribution is -2.52. The summed E-state index contributed by atoms with van der Waals surface area (Å²) in [5, 5.41) is 10.0. The molecular weight excluding hydrogens is 491 g/mol. The Kier molecular flexibility index (Phi) is 8.57. The van der Waals surface area contributed by atoms with Crippen LogP contribution >= 0.6 is 0 Å². The summed E-state index contributed by atoms with van der Waals surface area (Å²) in [6.45, 7) is 7.49. The Morgan fingerprint density at radius 1 is 1.16 bits per heavy atom. The van der Waals surface area contributed by atoms with Crippen LogP contribution in [0.25, 0.3) is 0 Å². The molecule has 2 aromatic rings. The van der Waals surface area contributed by atoms with Gasteiger partial charge in [-0.05, 0) is 68.5 Å². The minimum atomic E-state index is -5.08. The lowest BCUT2D eigenvalue weighted by Gasteiger charge is -2.44. The number of anilines is 1. The predicted octanol–water partition coefficient (Wildman–Crippen LogP) is 4.37. The number of hydrogen-bond donors (Lipinski definition) is 2. The molecule has 2 N–H and O–H groups in total. The first-order valence-corrected chi connectivity index (χ1v) is 11.9. The molecule has 2 saturated heterocycles. The van der Waals surface area contributed by atoms with Crippen molar-refractivity contribution < 1.29 is 37.4 Å². The van der Waals surface area contributed by atoms with Gasteiger partial charge >= 0.3 is 12.1 Å². The molecule has 37 heavy (non-hydrogen) atoms. The fraction of sp³-hybridized carbons (Fsp3) is 0.462. The van der Waals surface area contributed by atoms with E-state index in [0.717, 1.165) is 24.0 Å². The normalized spacial score (nSPS) is 23.2. The number of halogens is 3. The van der Waals surface area contributed by atoms with Crippen molar-refractivity contribution in [2.75, 3.05) is 18.4 Å². The van der Waals surface area contributed by atoms with E-state index < -0.39 is 18.2 Å². The fourth-order valence-corrected chi connectivity index (χ4v) is 4.57. The number of carboxylic acid groups (broad SMARTS) is 1. The van der Waals surface area contributed by atoms with Crippen LogP contribution in [0.3, 0.4) is 0 Å². The van der Waals surface area contributed by atoms with Crippen molar-refractivity contribution in [1.82, 2.24) is 9.88 Å². The SMILES string of the molecule is Cc1ccc(C(=O)N2CCC3(CCC(C(=O)Nc4cccnc4)O3)C(C)C2)cc1C.O=C(O)C(F)(F)F. The highest BCUT2D eigenvalue weighted by Crippen LogP contribution is 2.42. The van der Waals surface area contributed by atoms with Crippen LogP contribution in [0.5, 0.6) is 0 Å². The number of nitrogens with one attached hydrogen (secondary N) is 1. The number of aliphatic carboxylic acids is 1. The summed E-state index contributed by atoms with van der Waals surface area (Å²) in [6, 6.07) is 9.48. The third kappa shape index (κ3) is 6.85. The third-order valence-electron chi connectivity index (χ3n) is 6.91. The topological polar surface area (TPSA) is 109 Å². The van der Waals surface area contributed by atoms with Crippen LogP contribution in [-0.4, -0.2) is 63.7 Å². The number of aryl methyl sites for hydroxylation is 2. The highest BCUT2D eigenvalue weighted by Gasteiger charge is 2.49. The van der Waals surface area contributed by atoms with E-state index in [1.165, 1.54) is 5.56 Å². The van der Waals surface area contributed by atoms with Crippen molar-refractivity contribution in [1.29, 1.82) is 0 Å².